The number of hydrogen-bond donors (Lipinski definition) is 0. The Morgan fingerprint density at radius 1 is 0.850 bits per heavy atom. The molecule has 20 heavy (non-hydrogen) atoms. The standard InChI is InChI=1S/C20H32/c1-4-7-9-11-13-18-15-16-19(6-3)20(17-18)14-12-10-8-5-2/h6,15-17H,3-5,7-14H2,1-2H3. The summed E-state index contributed by atoms with van der Waals surface area (Å²) in [6.07, 6.45) is 15.2. The lowest BCUT2D eigenvalue weighted by molar-refractivity contribution is 0.661. The topological polar surface area (TPSA) is 0 Å². The highest BCUT2D eigenvalue weighted by Crippen LogP contribution is 2.18. The summed E-state index contributed by atoms with van der Waals surface area (Å²) in [6.45, 7) is 8.49. The van der Waals surface area contributed by atoms with E-state index in [1.54, 1.807) is 0 Å². The molecule has 0 amide bonds. The van der Waals surface area contributed by atoms with E-state index in [0.717, 1.165) is 0 Å². The Hall–Kier alpha value is -1.04. The third-order valence-corrected chi connectivity index (χ3v) is 4.05. The zero-order valence-corrected chi connectivity index (χ0v) is 13.6. The third-order valence-electron chi connectivity index (χ3n) is 4.05. The summed E-state index contributed by atoms with van der Waals surface area (Å²) in [5.41, 5.74) is 4.35. The molecule has 0 heterocycles. The van der Waals surface area contributed by atoms with E-state index in [4.69, 9.17) is 0 Å². The van der Waals surface area contributed by atoms with Crippen LogP contribution in [0.1, 0.15) is 81.9 Å². The molecule has 0 aliphatic carbocycles. The molecule has 1 rings (SSSR count). The van der Waals surface area contributed by atoms with Crippen molar-refractivity contribution in [3.63, 3.8) is 0 Å². The molecule has 0 N–H and O–H groups in total. The first-order valence-electron chi connectivity index (χ1n) is 8.56. The van der Waals surface area contributed by atoms with Crippen molar-refractivity contribution in [2.75, 3.05) is 0 Å². The Labute approximate surface area is 126 Å². The Bertz CT molecular complexity index is 376. The van der Waals surface area contributed by atoms with Crippen LogP contribution in [0.15, 0.2) is 24.8 Å². The van der Waals surface area contributed by atoms with Gasteiger partial charge in [0.25, 0.3) is 0 Å². The average Bonchev–Trinajstić information content (AvgIpc) is 2.48. The van der Waals surface area contributed by atoms with Crippen LogP contribution in [0.2, 0.25) is 0 Å². The molecule has 0 saturated heterocycles. The van der Waals surface area contributed by atoms with E-state index in [9.17, 15) is 0 Å². The van der Waals surface area contributed by atoms with E-state index in [2.05, 4.69) is 38.6 Å². The molecule has 0 atom stereocenters. The fourth-order valence-corrected chi connectivity index (χ4v) is 2.73. The fourth-order valence-electron chi connectivity index (χ4n) is 2.73. The molecular formula is C20H32. The first-order chi connectivity index (χ1) is 9.81. The predicted octanol–water partition coefficient (Wildman–Crippen LogP) is 6.58. The van der Waals surface area contributed by atoms with Gasteiger partial charge in [0, 0.05) is 0 Å². The van der Waals surface area contributed by atoms with Gasteiger partial charge in [-0.2, -0.15) is 0 Å². The second kappa shape index (κ2) is 10.7. The molecule has 0 unspecified atom stereocenters. The van der Waals surface area contributed by atoms with E-state index >= 15 is 0 Å². The predicted molar refractivity (Wildman–Crippen MR) is 92.2 cm³/mol. The van der Waals surface area contributed by atoms with Crippen LogP contribution in [0.3, 0.4) is 0 Å². The summed E-state index contributed by atoms with van der Waals surface area (Å²) < 4.78 is 0. The summed E-state index contributed by atoms with van der Waals surface area (Å²) in [4.78, 5) is 0. The van der Waals surface area contributed by atoms with Crippen LogP contribution >= 0.6 is 0 Å². The molecule has 0 heteroatoms. The quantitative estimate of drug-likeness (QED) is 0.399. The van der Waals surface area contributed by atoms with Crippen molar-refractivity contribution in [2.24, 2.45) is 0 Å². The van der Waals surface area contributed by atoms with Gasteiger partial charge < -0.3 is 0 Å². The van der Waals surface area contributed by atoms with E-state index in [1.165, 1.54) is 80.9 Å². The van der Waals surface area contributed by atoms with Crippen molar-refractivity contribution in [3.05, 3.63) is 41.5 Å². The summed E-state index contributed by atoms with van der Waals surface area (Å²) in [6, 6.07) is 6.98. The summed E-state index contributed by atoms with van der Waals surface area (Å²) in [5, 5.41) is 0. The number of unbranched alkanes of at least 4 members (excludes halogenated alkanes) is 6. The van der Waals surface area contributed by atoms with Gasteiger partial charge in [-0.25, -0.2) is 0 Å². The molecule has 0 aliphatic heterocycles. The Balaban J connectivity index is 2.53. The van der Waals surface area contributed by atoms with Crippen LogP contribution in [0, 0.1) is 0 Å². The maximum absolute atomic E-state index is 3.95. The van der Waals surface area contributed by atoms with E-state index in [1.807, 2.05) is 6.08 Å². The largest absolute Gasteiger partial charge is 0.0985 e. The van der Waals surface area contributed by atoms with Crippen LogP contribution in [0.25, 0.3) is 6.08 Å². The number of benzene rings is 1. The van der Waals surface area contributed by atoms with Crippen molar-refractivity contribution in [1.82, 2.24) is 0 Å². The smallest absolute Gasteiger partial charge is 0.0230 e. The molecule has 0 nitrogen and oxygen atoms in total. The van der Waals surface area contributed by atoms with Gasteiger partial charge >= 0.3 is 0 Å². The highest BCUT2D eigenvalue weighted by atomic mass is 14.1. The molecule has 0 bridgehead atoms. The van der Waals surface area contributed by atoms with Crippen molar-refractivity contribution in [1.29, 1.82) is 0 Å². The van der Waals surface area contributed by atoms with Crippen LogP contribution in [0.4, 0.5) is 0 Å². The molecule has 0 aromatic heterocycles. The minimum atomic E-state index is 1.21. The molecule has 1 aromatic rings. The highest BCUT2D eigenvalue weighted by molar-refractivity contribution is 5.53. The Kier molecular flexibility index (Phi) is 9.11. The highest BCUT2D eigenvalue weighted by Gasteiger charge is 2.02. The molecule has 0 spiro atoms. The summed E-state index contributed by atoms with van der Waals surface area (Å²) >= 11 is 0. The molecular weight excluding hydrogens is 240 g/mol. The van der Waals surface area contributed by atoms with Crippen molar-refractivity contribution < 1.29 is 0 Å². The first-order valence-corrected chi connectivity index (χ1v) is 8.56. The second-order valence-electron chi connectivity index (χ2n) is 5.86. The maximum atomic E-state index is 3.95. The van der Waals surface area contributed by atoms with Crippen molar-refractivity contribution >= 4 is 6.08 Å². The van der Waals surface area contributed by atoms with Crippen molar-refractivity contribution in [2.45, 2.75) is 78.1 Å². The lowest BCUT2D eigenvalue weighted by Gasteiger charge is -2.09. The normalized spacial score (nSPS) is 10.7. The van der Waals surface area contributed by atoms with Gasteiger partial charge in [-0.15, -0.1) is 0 Å². The Morgan fingerprint density at radius 2 is 1.50 bits per heavy atom. The molecule has 1 aromatic carbocycles. The number of aryl methyl sites for hydroxylation is 2. The van der Waals surface area contributed by atoms with Gasteiger partial charge in [0.1, 0.15) is 0 Å². The van der Waals surface area contributed by atoms with Crippen molar-refractivity contribution in [3.8, 4) is 0 Å². The van der Waals surface area contributed by atoms with Gasteiger partial charge in [-0.05, 0) is 42.4 Å². The van der Waals surface area contributed by atoms with Crippen LogP contribution in [0.5, 0.6) is 0 Å². The molecule has 0 radical (unpaired) electrons. The maximum Gasteiger partial charge on any atom is -0.0230 e. The van der Waals surface area contributed by atoms with Gasteiger partial charge in [-0.3, -0.25) is 0 Å². The SMILES string of the molecule is C=Cc1ccc(CCCCCC)cc1CCCCCC. The van der Waals surface area contributed by atoms with Gasteiger partial charge in [0.2, 0.25) is 0 Å². The van der Waals surface area contributed by atoms with Crippen LogP contribution in [-0.4, -0.2) is 0 Å². The van der Waals surface area contributed by atoms with Gasteiger partial charge in [-0.1, -0.05) is 83.2 Å². The fraction of sp³-hybridized carbons (Fsp3) is 0.600. The van der Waals surface area contributed by atoms with Crippen LogP contribution < -0.4 is 0 Å². The molecule has 0 aliphatic rings. The first kappa shape index (κ1) is 17.0. The van der Waals surface area contributed by atoms with Crippen LogP contribution in [-0.2, 0) is 12.8 Å². The minimum absolute atomic E-state index is 1.21. The third kappa shape index (κ3) is 6.41. The number of hydrogen-bond acceptors (Lipinski definition) is 0. The number of rotatable bonds is 11. The lowest BCUT2D eigenvalue weighted by Crippen LogP contribution is -1.94. The van der Waals surface area contributed by atoms with E-state index in [-0.39, 0.29) is 0 Å². The minimum Gasteiger partial charge on any atom is -0.0985 e. The molecule has 112 valence electrons. The van der Waals surface area contributed by atoms with Gasteiger partial charge in [0.15, 0.2) is 0 Å². The molecule has 0 saturated carbocycles. The van der Waals surface area contributed by atoms with Gasteiger partial charge in [0.05, 0.1) is 0 Å². The average molecular weight is 272 g/mol. The Morgan fingerprint density at radius 3 is 2.10 bits per heavy atom. The summed E-state index contributed by atoms with van der Waals surface area (Å²) in [7, 11) is 0. The summed E-state index contributed by atoms with van der Waals surface area (Å²) in [5.74, 6) is 0. The zero-order chi connectivity index (χ0) is 14.6. The lowest BCUT2D eigenvalue weighted by atomic mass is 9.96. The second-order valence-corrected chi connectivity index (χ2v) is 5.86. The van der Waals surface area contributed by atoms with E-state index < -0.39 is 0 Å². The monoisotopic (exact) mass is 272 g/mol. The van der Waals surface area contributed by atoms with E-state index in [0.29, 0.717) is 0 Å². The molecule has 0 fully saturated rings. The zero-order valence-electron chi connectivity index (χ0n) is 13.6.